The van der Waals surface area contributed by atoms with Gasteiger partial charge in [-0.05, 0) is 103 Å². The van der Waals surface area contributed by atoms with E-state index in [1.807, 2.05) is 0 Å². The van der Waals surface area contributed by atoms with Crippen molar-refractivity contribution in [1.29, 1.82) is 0 Å². The first-order valence-electron chi connectivity index (χ1n) is 28.1. The van der Waals surface area contributed by atoms with Crippen LogP contribution < -0.4 is 0 Å². The summed E-state index contributed by atoms with van der Waals surface area (Å²) in [7, 11) is 0. The number of carbonyl (C=O) groups is 2. The highest BCUT2D eigenvalue weighted by Gasteiger charge is 2.17. The molecule has 386 valence electrons. The van der Waals surface area contributed by atoms with Crippen LogP contribution in [0.1, 0.15) is 239 Å². The van der Waals surface area contributed by atoms with Crippen molar-refractivity contribution in [2.45, 2.75) is 245 Å². The molecule has 0 amide bonds. The third-order valence-corrected chi connectivity index (χ3v) is 11.5. The van der Waals surface area contributed by atoms with Crippen LogP contribution in [-0.4, -0.2) is 37.9 Å². The Hall–Kier alpha value is -3.70. The summed E-state index contributed by atoms with van der Waals surface area (Å²) in [5.74, 6) is -0.458. The molecule has 0 aromatic rings. The predicted molar refractivity (Wildman–Crippen MR) is 297 cm³/mol. The van der Waals surface area contributed by atoms with E-state index in [2.05, 4.69) is 142 Å². The van der Waals surface area contributed by atoms with E-state index in [1.165, 1.54) is 77.0 Å². The first-order valence-corrected chi connectivity index (χ1v) is 28.1. The molecule has 0 saturated heterocycles. The zero-order valence-electron chi connectivity index (χ0n) is 44.3. The van der Waals surface area contributed by atoms with Gasteiger partial charge in [-0.25, -0.2) is 0 Å². The highest BCUT2D eigenvalue weighted by Crippen LogP contribution is 2.15. The van der Waals surface area contributed by atoms with Crippen LogP contribution in [-0.2, 0) is 23.8 Å². The number of allylic oxidation sites excluding steroid dienone is 20. The van der Waals surface area contributed by atoms with Crippen LogP contribution in [0.15, 0.2) is 122 Å². The molecule has 0 radical (unpaired) electrons. The van der Waals surface area contributed by atoms with Crippen molar-refractivity contribution in [3.05, 3.63) is 122 Å². The molecule has 5 nitrogen and oxygen atoms in total. The van der Waals surface area contributed by atoms with Gasteiger partial charge in [0.15, 0.2) is 6.10 Å². The Bertz CT molecular complexity index is 1390. The van der Waals surface area contributed by atoms with Gasteiger partial charge in [-0.1, -0.05) is 245 Å². The minimum absolute atomic E-state index is 0.0441. The van der Waals surface area contributed by atoms with Gasteiger partial charge >= 0.3 is 11.9 Å². The second kappa shape index (κ2) is 57.6. The van der Waals surface area contributed by atoms with E-state index >= 15 is 0 Å². The van der Waals surface area contributed by atoms with E-state index in [1.54, 1.807) is 0 Å². The summed E-state index contributed by atoms with van der Waals surface area (Å²) in [6, 6.07) is 0. The summed E-state index contributed by atoms with van der Waals surface area (Å²) in [4.78, 5) is 25.5. The summed E-state index contributed by atoms with van der Waals surface area (Å²) >= 11 is 0. The zero-order chi connectivity index (χ0) is 49.2. The Kier molecular flexibility index (Phi) is 54.5. The van der Waals surface area contributed by atoms with Crippen LogP contribution in [0.25, 0.3) is 0 Å². The lowest BCUT2D eigenvalue weighted by molar-refractivity contribution is -0.163. The van der Waals surface area contributed by atoms with E-state index in [0.717, 1.165) is 128 Å². The van der Waals surface area contributed by atoms with Crippen LogP contribution in [0.3, 0.4) is 0 Å². The summed E-state index contributed by atoms with van der Waals surface area (Å²) in [6.07, 6.45) is 80.8. The second-order valence-corrected chi connectivity index (χ2v) is 18.1. The fraction of sp³-hybridized carbons (Fsp3) is 0.651. The fourth-order valence-electron chi connectivity index (χ4n) is 7.40. The molecule has 0 heterocycles. The first-order chi connectivity index (χ1) is 33.6. The molecule has 1 atom stereocenters. The Balaban J connectivity index is 4.44. The molecular weight excluding hydrogens is 837 g/mol. The maximum atomic E-state index is 12.8. The molecule has 0 fully saturated rings. The van der Waals surface area contributed by atoms with Crippen molar-refractivity contribution in [3.8, 4) is 0 Å². The standard InChI is InChI=1S/C63H104O5/c1-4-7-10-13-16-19-22-25-28-30-31-32-34-37-40-43-46-49-52-55-58-66-59-61(68-63(65)57-54-51-48-45-42-39-35-27-24-21-18-15-12-9-6-3)60-67-62(64)56-53-50-47-44-41-38-36-33-29-26-23-20-17-14-11-8-5-2/h7-8,10-11,16-17,19-20,25-26,28-29,31-32,36-38,40,46,49,61H,4-6,9,12-15,18,21-24,27,30,33-35,39,41-45,47-48,50-60H2,1-3H3/b10-7-,11-8-,19-16-,20-17-,28-25-,29-26-,32-31-,38-36-,40-37-,49-46-. The molecular formula is C63H104O5. The second-order valence-electron chi connectivity index (χ2n) is 18.1. The smallest absolute Gasteiger partial charge is 0.306 e. The Morgan fingerprint density at radius 3 is 1.06 bits per heavy atom. The van der Waals surface area contributed by atoms with Gasteiger partial charge in [-0.2, -0.15) is 0 Å². The quantitative estimate of drug-likeness (QED) is 0.0345. The van der Waals surface area contributed by atoms with Crippen molar-refractivity contribution in [2.24, 2.45) is 0 Å². The lowest BCUT2D eigenvalue weighted by Crippen LogP contribution is -2.30. The minimum atomic E-state index is -0.584. The fourth-order valence-corrected chi connectivity index (χ4v) is 7.40. The molecule has 0 aliphatic carbocycles. The highest BCUT2D eigenvalue weighted by molar-refractivity contribution is 5.70. The number of hydrogen-bond acceptors (Lipinski definition) is 5. The van der Waals surface area contributed by atoms with Gasteiger partial charge in [-0.15, -0.1) is 0 Å². The van der Waals surface area contributed by atoms with Gasteiger partial charge < -0.3 is 14.2 Å². The maximum Gasteiger partial charge on any atom is 0.306 e. The predicted octanol–water partition coefficient (Wildman–Crippen LogP) is 19.3. The largest absolute Gasteiger partial charge is 0.462 e. The average Bonchev–Trinajstić information content (AvgIpc) is 3.34. The molecule has 5 heteroatoms. The van der Waals surface area contributed by atoms with Crippen LogP contribution in [0.2, 0.25) is 0 Å². The molecule has 0 aromatic carbocycles. The number of unbranched alkanes of at least 4 members (excludes halogenated alkanes) is 19. The molecule has 0 aromatic heterocycles. The average molecular weight is 942 g/mol. The molecule has 0 bridgehead atoms. The van der Waals surface area contributed by atoms with Gasteiger partial charge in [0.25, 0.3) is 0 Å². The van der Waals surface area contributed by atoms with Gasteiger partial charge in [-0.3, -0.25) is 9.59 Å². The molecule has 0 spiro atoms. The zero-order valence-corrected chi connectivity index (χ0v) is 44.3. The van der Waals surface area contributed by atoms with E-state index in [0.29, 0.717) is 19.4 Å². The Morgan fingerprint density at radius 2 is 0.662 bits per heavy atom. The number of ether oxygens (including phenoxy) is 3. The van der Waals surface area contributed by atoms with Gasteiger partial charge in [0, 0.05) is 19.4 Å². The number of rotatable bonds is 50. The summed E-state index contributed by atoms with van der Waals surface area (Å²) in [5.41, 5.74) is 0. The first kappa shape index (κ1) is 64.3. The van der Waals surface area contributed by atoms with Crippen molar-refractivity contribution in [3.63, 3.8) is 0 Å². The van der Waals surface area contributed by atoms with Crippen molar-refractivity contribution >= 4 is 11.9 Å². The third-order valence-electron chi connectivity index (χ3n) is 11.5. The monoisotopic (exact) mass is 941 g/mol. The van der Waals surface area contributed by atoms with Crippen LogP contribution >= 0.6 is 0 Å². The summed E-state index contributed by atoms with van der Waals surface area (Å²) in [6.45, 7) is 7.44. The lowest BCUT2D eigenvalue weighted by atomic mass is 10.0. The van der Waals surface area contributed by atoms with Crippen LogP contribution in [0.4, 0.5) is 0 Å². The SMILES string of the molecule is CC/C=C\C/C=C\C/C=C\C/C=C\C/C=C\C/C=C\CCCOCC(COC(=O)CCCCCC/C=C\C/C=C\C/C=C\C/C=C\CC)OC(=O)CCCCCCCCCCCCCCCCC. The molecule has 68 heavy (non-hydrogen) atoms. The van der Waals surface area contributed by atoms with Crippen LogP contribution in [0.5, 0.6) is 0 Å². The molecule has 0 aliphatic heterocycles. The van der Waals surface area contributed by atoms with E-state index in [4.69, 9.17) is 14.2 Å². The Labute approximate surface area is 420 Å². The summed E-state index contributed by atoms with van der Waals surface area (Å²) in [5, 5.41) is 0. The minimum Gasteiger partial charge on any atom is -0.462 e. The molecule has 0 rings (SSSR count). The molecule has 0 saturated carbocycles. The van der Waals surface area contributed by atoms with E-state index in [9.17, 15) is 9.59 Å². The van der Waals surface area contributed by atoms with Gasteiger partial charge in [0.2, 0.25) is 0 Å². The van der Waals surface area contributed by atoms with E-state index < -0.39 is 6.10 Å². The number of carbonyl (C=O) groups excluding carboxylic acids is 2. The number of esters is 2. The van der Waals surface area contributed by atoms with Gasteiger partial charge in [0.05, 0.1) is 6.61 Å². The van der Waals surface area contributed by atoms with Crippen molar-refractivity contribution in [2.75, 3.05) is 19.8 Å². The molecule has 1 unspecified atom stereocenters. The lowest BCUT2D eigenvalue weighted by Gasteiger charge is -2.18. The summed E-state index contributed by atoms with van der Waals surface area (Å²) < 4.78 is 17.4. The molecule has 0 aliphatic rings. The normalized spacial score (nSPS) is 13.2. The highest BCUT2D eigenvalue weighted by atomic mass is 16.6. The van der Waals surface area contributed by atoms with E-state index in [-0.39, 0.29) is 25.2 Å². The van der Waals surface area contributed by atoms with Crippen LogP contribution in [0, 0.1) is 0 Å². The van der Waals surface area contributed by atoms with Gasteiger partial charge in [0.1, 0.15) is 6.61 Å². The van der Waals surface area contributed by atoms with Crippen molar-refractivity contribution in [1.82, 2.24) is 0 Å². The topological polar surface area (TPSA) is 61.8 Å². The third kappa shape index (κ3) is 54.9. The maximum absolute atomic E-state index is 12.8. The number of hydrogen-bond donors (Lipinski definition) is 0. The Morgan fingerprint density at radius 1 is 0.338 bits per heavy atom. The molecule has 0 N–H and O–H groups in total. The van der Waals surface area contributed by atoms with Crippen molar-refractivity contribution < 1.29 is 23.8 Å².